The Hall–Kier alpha value is -2.21. The molecular formula is C12H12FN3O2. The van der Waals surface area contributed by atoms with Gasteiger partial charge in [-0.2, -0.15) is 0 Å². The lowest BCUT2D eigenvalue weighted by molar-refractivity contribution is 0.386. The Morgan fingerprint density at radius 3 is 2.89 bits per heavy atom. The van der Waals surface area contributed by atoms with E-state index >= 15 is 0 Å². The first-order valence-electron chi connectivity index (χ1n) is 5.28. The third-order valence-electron chi connectivity index (χ3n) is 2.52. The highest BCUT2D eigenvalue weighted by molar-refractivity contribution is 5.57. The maximum absolute atomic E-state index is 13.2. The Kier molecular flexibility index (Phi) is 3.38. The van der Waals surface area contributed by atoms with Gasteiger partial charge in [0, 0.05) is 23.9 Å². The lowest BCUT2D eigenvalue weighted by Gasteiger charge is -2.05. The van der Waals surface area contributed by atoms with E-state index in [1.54, 1.807) is 0 Å². The molecule has 0 fully saturated rings. The van der Waals surface area contributed by atoms with Crippen molar-refractivity contribution in [1.29, 1.82) is 0 Å². The van der Waals surface area contributed by atoms with E-state index in [0.29, 0.717) is 17.0 Å². The van der Waals surface area contributed by atoms with Crippen molar-refractivity contribution < 1.29 is 9.13 Å². The predicted molar refractivity (Wildman–Crippen MR) is 64.7 cm³/mol. The minimum atomic E-state index is -0.470. The third-order valence-corrected chi connectivity index (χ3v) is 2.52. The number of hydrogen-bond acceptors (Lipinski definition) is 4. The zero-order valence-electron chi connectivity index (χ0n) is 9.74. The van der Waals surface area contributed by atoms with Gasteiger partial charge in [-0.3, -0.25) is 4.79 Å². The Balaban J connectivity index is 2.49. The largest absolute Gasteiger partial charge is 0.494 e. The van der Waals surface area contributed by atoms with E-state index in [1.165, 1.54) is 31.5 Å². The number of rotatable bonds is 3. The summed E-state index contributed by atoms with van der Waals surface area (Å²) < 4.78 is 18.1. The van der Waals surface area contributed by atoms with Crippen molar-refractivity contribution in [3.05, 3.63) is 46.1 Å². The summed E-state index contributed by atoms with van der Waals surface area (Å²) in [6, 6.07) is 4.24. The highest BCUT2D eigenvalue weighted by Crippen LogP contribution is 2.23. The van der Waals surface area contributed by atoms with Gasteiger partial charge in [-0.25, -0.2) is 9.37 Å². The van der Waals surface area contributed by atoms with E-state index in [0.717, 1.165) is 0 Å². The van der Waals surface area contributed by atoms with Gasteiger partial charge in [-0.15, -0.1) is 0 Å². The predicted octanol–water partition coefficient (Wildman–Crippen LogP) is 1.04. The number of hydrogen-bond donors (Lipinski definition) is 2. The van der Waals surface area contributed by atoms with Crippen LogP contribution in [-0.2, 0) is 6.54 Å². The van der Waals surface area contributed by atoms with Crippen LogP contribution in [0.1, 0.15) is 5.56 Å². The second-order valence-electron chi connectivity index (χ2n) is 3.64. The van der Waals surface area contributed by atoms with Gasteiger partial charge in [0.2, 0.25) is 0 Å². The molecule has 0 aliphatic heterocycles. The smallest absolute Gasteiger partial charge is 0.255 e. The zero-order chi connectivity index (χ0) is 13.1. The van der Waals surface area contributed by atoms with E-state index in [-0.39, 0.29) is 17.9 Å². The van der Waals surface area contributed by atoms with Gasteiger partial charge in [0.05, 0.1) is 7.11 Å². The number of nitrogens with one attached hydrogen (secondary N) is 1. The lowest BCUT2D eigenvalue weighted by atomic mass is 10.2. The topological polar surface area (TPSA) is 81.0 Å². The molecule has 1 aromatic carbocycles. The Labute approximate surface area is 102 Å². The van der Waals surface area contributed by atoms with Crippen molar-refractivity contribution in [2.24, 2.45) is 5.73 Å². The Bertz CT molecular complexity index is 625. The Morgan fingerprint density at radius 2 is 2.28 bits per heavy atom. The van der Waals surface area contributed by atoms with Gasteiger partial charge in [-0.1, -0.05) is 0 Å². The summed E-state index contributed by atoms with van der Waals surface area (Å²) in [5.41, 5.74) is 6.04. The number of aromatic nitrogens is 2. The van der Waals surface area contributed by atoms with Crippen molar-refractivity contribution in [1.82, 2.24) is 9.97 Å². The molecule has 1 aromatic heterocycles. The first kappa shape index (κ1) is 12.3. The molecule has 0 spiro atoms. The molecule has 1 heterocycles. The molecule has 94 valence electrons. The summed E-state index contributed by atoms with van der Waals surface area (Å²) in [5, 5.41) is 0. The molecule has 5 nitrogen and oxygen atoms in total. The Morgan fingerprint density at radius 1 is 1.50 bits per heavy atom. The summed E-state index contributed by atoms with van der Waals surface area (Å²) in [4.78, 5) is 18.2. The van der Waals surface area contributed by atoms with Gasteiger partial charge < -0.3 is 15.5 Å². The van der Waals surface area contributed by atoms with Crippen LogP contribution in [-0.4, -0.2) is 17.1 Å². The molecule has 2 rings (SSSR count). The van der Waals surface area contributed by atoms with Gasteiger partial charge in [0.25, 0.3) is 5.56 Å². The minimum Gasteiger partial charge on any atom is -0.494 e. The van der Waals surface area contributed by atoms with Crippen LogP contribution < -0.4 is 16.0 Å². The van der Waals surface area contributed by atoms with Gasteiger partial charge in [-0.05, 0) is 18.2 Å². The molecule has 0 saturated heterocycles. The van der Waals surface area contributed by atoms with Crippen LogP contribution in [0.25, 0.3) is 11.4 Å². The molecule has 0 aliphatic rings. The normalized spacial score (nSPS) is 10.4. The standard InChI is InChI=1S/C12H12FN3O2/c1-18-10-4-7(2-3-9(10)13)11-15-6-8(5-14)12(17)16-11/h2-4,6H,5,14H2,1H3,(H,15,16,17). The van der Waals surface area contributed by atoms with E-state index in [2.05, 4.69) is 9.97 Å². The van der Waals surface area contributed by atoms with Crippen molar-refractivity contribution in [2.75, 3.05) is 7.11 Å². The number of halogens is 1. The lowest BCUT2D eigenvalue weighted by Crippen LogP contribution is -2.17. The van der Waals surface area contributed by atoms with Crippen LogP contribution in [0.4, 0.5) is 4.39 Å². The first-order chi connectivity index (χ1) is 8.65. The molecule has 3 N–H and O–H groups in total. The maximum atomic E-state index is 13.2. The van der Waals surface area contributed by atoms with Crippen LogP contribution in [0.3, 0.4) is 0 Å². The monoisotopic (exact) mass is 249 g/mol. The fourth-order valence-corrected chi connectivity index (χ4v) is 1.52. The molecule has 2 aromatic rings. The van der Waals surface area contributed by atoms with Gasteiger partial charge in [0.1, 0.15) is 5.82 Å². The molecule has 0 atom stereocenters. The van der Waals surface area contributed by atoms with Crippen molar-refractivity contribution in [3.8, 4) is 17.1 Å². The molecule has 6 heteroatoms. The van der Waals surface area contributed by atoms with Crippen LogP contribution in [0, 0.1) is 5.82 Å². The van der Waals surface area contributed by atoms with Crippen LogP contribution >= 0.6 is 0 Å². The third kappa shape index (κ3) is 2.23. The highest BCUT2D eigenvalue weighted by atomic mass is 19.1. The first-order valence-corrected chi connectivity index (χ1v) is 5.28. The zero-order valence-corrected chi connectivity index (χ0v) is 9.74. The molecule has 0 aliphatic carbocycles. The summed E-state index contributed by atoms with van der Waals surface area (Å²) in [6.45, 7) is 0.120. The van der Waals surface area contributed by atoms with E-state index in [1.807, 2.05) is 0 Å². The quantitative estimate of drug-likeness (QED) is 0.851. The molecule has 0 radical (unpaired) electrons. The fourth-order valence-electron chi connectivity index (χ4n) is 1.52. The average molecular weight is 249 g/mol. The molecule has 0 bridgehead atoms. The number of aromatic amines is 1. The number of nitrogens with zero attached hydrogens (tertiary/aromatic N) is 1. The van der Waals surface area contributed by atoms with Gasteiger partial charge >= 0.3 is 0 Å². The number of benzene rings is 1. The molecule has 0 saturated carbocycles. The molecule has 0 amide bonds. The highest BCUT2D eigenvalue weighted by Gasteiger charge is 2.08. The molecular weight excluding hydrogens is 237 g/mol. The second kappa shape index (κ2) is 4.97. The maximum Gasteiger partial charge on any atom is 0.255 e. The van der Waals surface area contributed by atoms with E-state index in [4.69, 9.17) is 10.5 Å². The summed E-state index contributed by atoms with van der Waals surface area (Å²) >= 11 is 0. The number of methoxy groups -OCH3 is 1. The summed E-state index contributed by atoms with van der Waals surface area (Å²) in [5.74, 6) is -0.0317. The summed E-state index contributed by atoms with van der Waals surface area (Å²) in [7, 11) is 1.37. The van der Waals surface area contributed by atoms with Crippen molar-refractivity contribution in [3.63, 3.8) is 0 Å². The number of ether oxygens (including phenoxy) is 1. The molecule has 18 heavy (non-hydrogen) atoms. The SMILES string of the molecule is COc1cc(-c2ncc(CN)c(=O)[nH]2)ccc1F. The van der Waals surface area contributed by atoms with Crippen molar-refractivity contribution in [2.45, 2.75) is 6.54 Å². The summed E-state index contributed by atoms with van der Waals surface area (Å²) in [6.07, 6.45) is 1.41. The van der Waals surface area contributed by atoms with Crippen LogP contribution in [0.2, 0.25) is 0 Å². The molecule has 0 unspecified atom stereocenters. The van der Waals surface area contributed by atoms with Crippen LogP contribution in [0.15, 0.2) is 29.2 Å². The van der Waals surface area contributed by atoms with Gasteiger partial charge in [0.15, 0.2) is 11.6 Å². The van der Waals surface area contributed by atoms with E-state index < -0.39 is 5.82 Å². The number of nitrogens with two attached hydrogens (primary N) is 1. The van der Waals surface area contributed by atoms with E-state index in [9.17, 15) is 9.18 Å². The van der Waals surface area contributed by atoms with Crippen molar-refractivity contribution >= 4 is 0 Å². The number of H-pyrrole nitrogens is 1. The van der Waals surface area contributed by atoms with Crippen LogP contribution in [0.5, 0.6) is 5.75 Å². The second-order valence-corrected chi connectivity index (χ2v) is 3.64. The average Bonchev–Trinajstić information content (AvgIpc) is 2.39. The minimum absolute atomic E-state index is 0.0954. The fraction of sp³-hybridized carbons (Fsp3) is 0.167.